The summed E-state index contributed by atoms with van der Waals surface area (Å²) in [6.07, 6.45) is 1.97. The van der Waals surface area contributed by atoms with Crippen LogP contribution in [0.25, 0.3) is 0 Å². The zero-order valence-electron chi connectivity index (χ0n) is 12.4. The van der Waals surface area contributed by atoms with Crippen molar-refractivity contribution in [2.75, 3.05) is 6.61 Å². The lowest BCUT2D eigenvalue weighted by molar-refractivity contribution is -0.0720. The van der Waals surface area contributed by atoms with E-state index in [2.05, 4.69) is 5.43 Å². The van der Waals surface area contributed by atoms with Crippen molar-refractivity contribution in [1.82, 2.24) is 5.43 Å². The predicted molar refractivity (Wildman–Crippen MR) is 81.2 cm³/mol. The molecule has 0 saturated carbocycles. The van der Waals surface area contributed by atoms with E-state index >= 15 is 0 Å². The normalized spacial score (nSPS) is 13.5. The van der Waals surface area contributed by atoms with E-state index in [0.717, 1.165) is 12.8 Å². The lowest BCUT2D eigenvalue weighted by atomic mass is 9.84. The number of ether oxygens (including phenoxy) is 1. The molecule has 0 spiro atoms. The van der Waals surface area contributed by atoms with Crippen LogP contribution in [0.15, 0.2) is 18.2 Å². The number of benzene rings is 1. The quantitative estimate of drug-likeness (QED) is 0.571. The van der Waals surface area contributed by atoms with E-state index in [9.17, 15) is 4.39 Å². The zero-order valence-corrected chi connectivity index (χ0v) is 13.1. The highest BCUT2D eigenvalue weighted by molar-refractivity contribution is 6.31. The molecule has 3 N–H and O–H groups in total. The maximum Gasteiger partial charge on any atom is 0.127 e. The van der Waals surface area contributed by atoms with Gasteiger partial charge in [-0.1, -0.05) is 31.5 Å². The van der Waals surface area contributed by atoms with Gasteiger partial charge in [-0.2, -0.15) is 0 Å². The number of nitrogens with two attached hydrogens (primary N) is 1. The summed E-state index contributed by atoms with van der Waals surface area (Å²) in [5.74, 6) is 5.38. The molecule has 114 valence electrons. The van der Waals surface area contributed by atoms with Gasteiger partial charge >= 0.3 is 0 Å². The fourth-order valence-electron chi connectivity index (χ4n) is 2.66. The van der Waals surface area contributed by atoms with Gasteiger partial charge in [0.2, 0.25) is 0 Å². The van der Waals surface area contributed by atoms with Gasteiger partial charge in [0.1, 0.15) is 5.82 Å². The number of halogens is 2. The third-order valence-electron chi connectivity index (χ3n) is 3.93. The highest BCUT2D eigenvalue weighted by atomic mass is 35.5. The van der Waals surface area contributed by atoms with Crippen molar-refractivity contribution < 1.29 is 9.13 Å². The number of hydrogen-bond donors (Lipinski definition) is 2. The summed E-state index contributed by atoms with van der Waals surface area (Å²) in [6.45, 7) is 6.63. The minimum Gasteiger partial charge on any atom is -0.374 e. The molecule has 0 fully saturated rings. The molecule has 1 aromatic rings. The standard InChI is InChI=1S/C15H24ClFN2O/c1-4-15(5-2,20-6-3)14(19-18)10-11-12(16)8-7-9-13(11)17/h7-9,14,19H,4-6,10,18H2,1-3H3. The van der Waals surface area contributed by atoms with Crippen molar-refractivity contribution in [3.8, 4) is 0 Å². The third-order valence-corrected chi connectivity index (χ3v) is 4.29. The average molecular weight is 303 g/mol. The number of rotatable bonds is 8. The summed E-state index contributed by atoms with van der Waals surface area (Å²) in [7, 11) is 0. The molecule has 0 aliphatic rings. The second-order valence-electron chi connectivity index (χ2n) is 4.83. The molecule has 0 amide bonds. The van der Waals surface area contributed by atoms with Crippen molar-refractivity contribution in [2.24, 2.45) is 5.84 Å². The molecule has 1 atom stereocenters. The molecule has 0 aromatic heterocycles. The maximum absolute atomic E-state index is 13.9. The lowest BCUT2D eigenvalue weighted by Crippen LogP contribution is -2.55. The second kappa shape index (κ2) is 7.93. The number of nitrogens with one attached hydrogen (secondary N) is 1. The molecule has 0 aliphatic carbocycles. The van der Waals surface area contributed by atoms with Crippen LogP contribution in [0, 0.1) is 5.82 Å². The van der Waals surface area contributed by atoms with E-state index < -0.39 is 5.60 Å². The number of hydrazine groups is 1. The predicted octanol–water partition coefficient (Wildman–Crippen LogP) is 3.45. The van der Waals surface area contributed by atoms with E-state index in [1.807, 2.05) is 20.8 Å². The van der Waals surface area contributed by atoms with E-state index in [0.29, 0.717) is 23.6 Å². The Balaban J connectivity index is 3.06. The molecule has 1 unspecified atom stereocenters. The van der Waals surface area contributed by atoms with Gasteiger partial charge in [0.05, 0.1) is 11.6 Å². The van der Waals surface area contributed by atoms with Gasteiger partial charge in [0.15, 0.2) is 0 Å². The molecular weight excluding hydrogens is 279 g/mol. The van der Waals surface area contributed by atoms with Gasteiger partial charge < -0.3 is 4.74 Å². The van der Waals surface area contributed by atoms with Crippen LogP contribution < -0.4 is 11.3 Å². The van der Waals surface area contributed by atoms with Crippen molar-refractivity contribution in [2.45, 2.75) is 51.7 Å². The van der Waals surface area contributed by atoms with Crippen LogP contribution in [0.1, 0.15) is 39.2 Å². The average Bonchev–Trinajstić information content (AvgIpc) is 2.45. The summed E-state index contributed by atoms with van der Waals surface area (Å²) >= 11 is 6.09. The van der Waals surface area contributed by atoms with Crippen LogP contribution >= 0.6 is 11.6 Å². The molecule has 0 radical (unpaired) electrons. The summed E-state index contributed by atoms with van der Waals surface area (Å²) in [5.41, 5.74) is 2.84. The molecule has 1 aromatic carbocycles. The molecule has 3 nitrogen and oxygen atoms in total. The fraction of sp³-hybridized carbons (Fsp3) is 0.600. The Morgan fingerprint density at radius 3 is 2.45 bits per heavy atom. The SMILES string of the molecule is CCOC(CC)(CC)C(Cc1c(F)cccc1Cl)NN. The maximum atomic E-state index is 13.9. The van der Waals surface area contributed by atoms with E-state index in [4.69, 9.17) is 22.2 Å². The smallest absolute Gasteiger partial charge is 0.127 e. The molecule has 0 aliphatic heterocycles. The van der Waals surface area contributed by atoms with Crippen molar-refractivity contribution >= 4 is 11.6 Å². The topological polar surface area (TPSA) is 47.3 Å². The Morgan fingerprint density at radius 2 is 2.00 bits per heavy atom. The van der Waals surface area contributed by atoms with Crippen molar-refractivity contribution in [3.63, 3.8) is 0 Å². The monoisotopic (exact) mass is 302 g/mol. The van der Waals surface area contributed by atoms with Gasteiger partial charge in [0, 0.05) is 17.2 Å². The molecule has 0 bridgehead atoms. The zero-order chi connectivity index (χ0) is 15.2. The highest BCUT2D eigenvalue weighted by Gasteiger charge is 2.36. The minimum atomic E-state index is -0.422. The first-order chi connectivity index (χ1) is 9.54. The first kappa shape index (κ1) is 17.4. The van der Waals surface area contributed by atoms with E-state index in [1.54, 1.807) is 12.1 Å². The molecule has 1 rings (SSSR count). The van der Waals surface area contributed by atoms with Crippen LogP contribution in [-0.2, 0) is 11.2 Å². The Morgan fingerprint density at radius 1 is 1.35 bits per heavy atom. The van der Waals surface area contributed by atoms with Crippen LogP contribution in [0.2, 0.25) is 5.02 Å². The Bertz CT molecular complexity index is 404. The van der Waals surface area contributed by atoms with Gasteiger partial charge in [-0.15, -0.1) is 0 Å². The number of hydrogen-bond acceptors (Lipinski definition) is 3. The molecular formula is C15H24ClFN2O. The Hall–Kier alpha value is -0.680. The molecule has 20 heavy (non-hydrogen) atoms. The first-order valence-corrected chi connectivity index (χ1v) is 7.45. The minimum absolute atomic E-state index is 0.202. The summed E-state index contributed by atoms with van der Waals surface area (Å²) < 4.78 is 19.9. The molecule has 0 saturated heterocycles. The fourth-order valence-corrected chi connectivity index (χ4v) is 2.90. The van der Waals surface area contributed by atoms with Crippen LogP contribution in [0.5, 0.6) is 0 Å². The highest BCUT2D eigenvalue weighted by Crippen LogP contribution is 2.29. The van der Waals surface area contributed by atoms with Gasteiger partial charge in [-0.25, -0.2) is 4.39 Å². The first-order valence-electron chi connectivity index (χ1n) is 7.07. The molecule has 5 heteroatoms. The van der Waals surface area contributed by atoms with Gasteiger partial charge in [-0.05, 0) is 38.3 Å². The molecule has 0 heterocycles. The van der Waals surface area contributed by atoms with Gasteiger partial charge in [0.25, 0.3) is 0 Å². The Labute approximate surface area is 125 Å². The largest absolute Gasteiger partial charge is 0.374 e. The van der Waals surface area contributed by atoms with Crippen LogP contribution in [0.3, 0.4) is 0 Å². The van der Waals surface area contributed by atoms with E-state index in [-0.39, 0.29) is 11.9 Å². The second-order valence-corrected chi connectivity index (χ2v) is 5.24. The summed E-state index contributed by atoms with van der Waals surface area (Å²) in [4.78, 5) is 0. The third kappa shape index (κ3) is 3.70. The Kier molecular flexibility index (Phi) is 6.89. The van der Waals surface area contributed by atoms with Crippen molar-refractivity contribution in [1.29, 1.82) is 0 Å². The van der Waals surface area contributed by atoms with Crippen molar-refractivity contribution in [3.05, 3.63) is 34.6 Å². The summed E-state index contributed by atoms with van der Waals surface area (Å²) in [6, 6.07) is 4.50. The lowest BCUT2D eigenvalue weighted by Gasteiger charge is -2.39. The van der Waals surface area contributed by atoms with Gasteiger partial charge in [-0.3, -0.25) is 11.3 Å². The summed E-state index contributed by atoms with van der Waals surface area (Å²) in [5, 5.41) is 0.419. The van der Waals surface area contributed by atoms with Crippen LogP contribution in [0.4, 0.5) is 4.39 Å². The van der Waals surface area contributed by atoms with Crippen LogP contribution in [-0.4, -0.2) is 18.2 Å². The van der Waals surface area contributed by atoms with E-state index in [1.165, 1.54) is 6.07 Å².